The van der Waals surface area contributed by atoms with Crippen LogP contribution in [0.2, 0.25) is 0 Å². The smallest absolute Gasteiger partial charge is 0.161 e. The number of hydrogen-bond donors (Lipinski definition) is 1. The normalized spacial score (nSPS) is 20.5. The van der Waals surface area contributed by atoms with E-state index < -0.39 is 6.10 Å². The summed E-state index contributed by atoms with van der Waals surface area (Å²) < 4.78 is 30.8. The highest BCUT2D eigenvalue weighted by Crippen LogP contribution is 2.36. The summed E-state index contributed by atoms with van der Waals surface area (Å²) in [6.45, 7) is 3.40. The van der Waals surface area contributed by atoms with Gasteiger partial charge in [0.25, 0.3) is 0 Å². The van der Waals surface area contributed by atoms with Crippen LogP contribution in [0.15, 0.2) is 36.4 Å². The number of aryl methyl sites for hydroxylation is 1. The minimum absolute atomic E-state index is 0.119. The SMILES string of the molecule is COc1ccc([C@@H]2[C@@H](CO)OCCN2Cc2cc(C)ccc2F)cc1OC. The van der Waals surface area contributed by atoms with E-state index >= 15 is 0 Å². The molecule has 27 heavy (non-hydrogen) atoms. The number of halogens is 1. The minimum Gasteiger partial charge on any atom is -0.493 e. The Morgan fingerprint density at radius 2 is 1.93 bits per heavy atom. The van der Waals surface area contributed by atoms with Crippen LogP contribution in [0, 0.1) is 12.7 Å². The van der Waals surface area contributed by atoms with Gasteiger partial charge in [-0.05, 0) is 30.7 Å². The Morgan fingerprint density at radius 1 is 1.15 bits per heavy atom. The summed E-state index contributed by atoms with van der Waals surface area (Å²) in [5.74, 6) is 1.02. The number of aliphatic hydroxyl groups excluding tert-OH is 1. The third kappa shape index (κ3) is 4.24. The maximum absolute atomic E-state index is 14.3. The molecule has 1 aliphatic rings. The predicted octanol–water partition coefficient (Wildman–Crippen LogP) is 3.09. The van der Waals surface area contributed by atoms with Gasteiger partial charge in [-0.3, -0.25) is 4.90 Å². The molecule has 0 saturated carbocycles. The van der Waals surface area contributed by atoms with Gasteiger partial charge in [-0.1, -0.05) is 23.8 Å². The molecule has 0 amide bonds. The highest BCUT2D eigenvalue weighted by atomic mass is 19.1. The molecule has 3 rings (SSSR count). The molecular weight excluding hydrogens is 349 g/mol. The maximum atomic E-state index is 14.3. The first-order chi connectivity index (χ1) is 13.1. The Bertz CT molecular complexity index is 783. The largest absolute Gasteiger partial charge is 0.493 e. The van der Waals surface area contributed by atoms with Crippen molar-refractivity contribution in [2.45, 2.75) is 25.6 Å². The van der Waals surface area contributed by atoms with Gasteiger partial charge in [0.05, 0.1) is 33.5 Å². The van der Waals surface area contributed by atoms with Crippen molar-refractivity contribution in [3.63, 3.8) is 0 Å². The van der Waals surface area contributed by atoms with Crippen LogP contribution >= 0.6 is 0 Å². The Labute approximate surface area is 159 Å². The number of aliphatic hydroxyl groups is 1. The van der Waals surface area contributed by atoms with Crippen LogP contribution < -0.4 is 9.47 Å². The van der Waals surface area contributed by atoms with Gasteiger partial charge in [0, 0.05) is 18.7 Å². The van der Waals surface area contributed by atoms with Crippen LogP contribution in [-0.2, 0) is 11.3 Å². The van der Waals surface area contributed by atoms with E-state index in [1.807, 2.05) is 31.2 Å². The van der Waals surface area contributed by atoms with Crippen LogP contribution in [0.3, 0.4) is 0 Å². The van der Waals surface area contributed by atoms with E-state index in [1.165, 1.54) is 6.07 Å². The summed E-state index contributed by atoms with van der Waals surface area (Å²) in [4.78, 5) is 2.14. The zero-order chi connectivity index (χ0) is 19.4. The third-order valence-corrected chi connectivity index (χ3v) is 4.96. The van der Waals surface area contributed by atoms with Gasteiger partial charge < -0.3 is 19.3 Å². The molecule has 6 heteroatoms. The van der Waals surface area contributed by atoms with Crippen molar-refractivity contribution in [2.24, 2.45) is 0 Å². The molecular formula is C21H26FNO4. The Balaban J connectivity index is 1.95. The van der Waals surface area contributed by atoms with E-state index in [4.69, 9.17) is 14.2 Å². The van der Waals surface area contributed by atoms with E-state index in [0.717, 1.165) is 11.1 Å². The highest BCUT2D eigenvalue weighted by molar-refractivity contribution is 5.44. The van der Waals surface area contributed by atoms with Crippen LogP contribution in [0.25, 0.3) is 0 Å². The van der Waals surface area contributed by atoms with Gasteiger partial charge in [-0.15, -0.1) is 0 Å². The van der Waals surface area contributed by atoms with E-state index in [0.29, 0.717) is 36.8 Å². The molecule has 1 heterocycles. The molecule has 1 aliphatic heterocycles. The minimum atomic E-state index is -0.398. The molecule has 0 bridgehead atoms. The Hall–Kier alpha value is -2.15. The zero-order valence-electron chi connectivity index (χ0n) is 15.9. The topological polar surface area (TPSA) is 51.2 Å². The monoisotopic (exact) mass is 375 g/mol. The summed E-state index contributed by atoms with van der Waals surface area (Å²) in [6.07, 6.45) is -0.398. The molecule has 146 valence electrons. The predicted molar refractivity (Wildman–Crippen MR) is 101 cm³/mol. The second-order valence-electron chi connectivity index (χ2n) is 6.72. The first kappa shape index (κ1) is 19.6. The molecule has 2 aromatic carbocycles. The zero-order valence-corrected chi connectivity index (χ0v) is 15.9. The summed E-state index contributed by atoms with van der Waals surface area (Å²) in [5.41, 5.74) is 2.58. The lowest BCUT2D eigenvalue weighted by atomic mass is 9.97. The number of benzene rings is 2. The second kappa shape index (κ2) is 8.69. The van der Waals surface area contributed by atoms with Crippen molar-refractivity contribution in [1.82, 2.24) is 4.90 Å². The molecule has 0 spiro atoms. The molecule has 0 aliphatic carbocycles. The quantitative estimate of drug-likeness (QED) is 0.841. The fourth-order valence-corrected chi connectivity index (χ4v) is 3.62. The average molecular weight is 375 g/mol. The standard InChI is InChI=1S/C21H26FNO4/c1-14-4-6-17(22)16(10-14)12-23-8-9-27-20(13-24)21(23)15-5-7-18(25-2)19(11-15)26-3/h4-7,10-11,20-21,24H,8-9,12-13H2,1-3H3/t20-,21-/m1/s1. The van der Waals surface area contributed by atoms with E-state index in [1.54, 1.807) is 20.3 Å². The molecule has 5 nitrogen and oxygen atoms in total. The first-order valence-electron chi connectivity index (χ1n) is 9.00. The lowest BCUT2D eigenvalue weighted by molar-refractivity contribution is -0.0963. The van der Waals surface area contributed by atoms with Gasteiger partial charge in [-0.2, -0.15) is 0 Å². The lowest BCUT2D eigenvalue weighted by Crippen LogP contribution is -2.46. The van der Waals surface area contributed by atoms with Gasteiger partial charge in [0.2, 0.25) is 0 Å². The van der Waals surface area contributed by atoms with Gasteiger partial charge in [0.1, 0.15) is 11.9 Å². The number of ether oxygens (including phenoxy) is 3. The van der Waals surface area contributed by atoms with Crippen LogP contribution in [-0.4, -0.2) is 50.1 Å². The Morgan fingerprint density at radius 3 is 2.63 bits per heavy atom. The fraction of sp³-hybridized carbons (Fsp3) is 0.429. The van der Waals surface area contributed by atoms with E-state index in [2.05, 4.69) is 4.90 Å². The van der Waals surface area contributed by atoms with Crippen LogP contribution in [0.5, 0.6) is 11.5 Å². The molecule has 0 unspecified atom stereocenters. The summed E-state index contributed by atoms with van der Waals surface area (Å²) in [6, 6.07) is 10.6. The van der Waals surface area contributed by atoms with Gasteiger partial charge >= 0.3 is 0 Å². The molecule has 0 radical (unpaired) electrons. The molecule has 0 aromatic heterocycles. The van der Waals surface area contributed by atoms with Crippen molar-refractivity contribution >= 4 is 0 Å². The molecule has 2 aromatic rings. The molecule has 1 N–H and O–H groups in total. The van der Waals surface area contributed by atoms with Crippen molar-refractivity contribution in [3.8, 4) is 11.5 Å². The summed E-state index contributed by atoms with van der Waals surface area (Å²) >= 11 is 0. The number of nitrogens with zero attached hydrogens (tertiary/aromatic N) is 1. The van der Waals surface area contributed by atoms with E-state index in [9.17, 15) is 9.50 Å². The number of hydrogen-bond acceptors (Lipinski definition) is 5. The fourth-order valence-electron chi connectivity index (χ4n) is 3.62. The number of morpholine rings is 1. The average Bonchev–Trinajstić information content (AvgIpc) is 2.70. The van der Waals surface area contributed by atoms with Crippen LogP contribution in [0.4, 0.5) is 4.39 Å². The van der Waals surface area contributed by atoms with Crippen molar-refractivity contribution in [1.29, 1.82) is 0 Å². The maximum Gasteiger partial charge on any atom is 0.161 e. The number of rotatable bonds is 6. The highest BCUT2D eigenvalue weighted by Gasteiger charge is 2.34. The molecule has 1 fully saturated rings. The first-order valence-corrected chi connectivity index (χ1v) is 9.00. The van der Waals surface area contributed by atoms with Crippen LogP contribution in [0.1, 0.15) is 22.7 Å². The van der Waals surface area contributed by atoms with Crippen molar-refractivity contribution in [3.05, 3.63) is 58.9 Å². The lowest BCUT2D eigenvalue weighted by Gasteiger charge is -2.41. The summed E-state index contributed by atoms with van der Waals surface area (Å²) in [7, 11) is 3.17. The number of methoxy groups -OCH3 is 2. The molecule has 1 saturated heterocycles. The van der Waals surface area contributed by atoms with Crippen molar-refractivity contribution < 1.29 is 23.7 Å². The molecule has 2 atom stereocenters. The van der Waals surface area contributed by atoms with E-state index in [-0.39, 0.29) is 18.5 Å². The van der Waals surface area contributed by atoms with Crippen molar-refractivity contribution in [2.75, 3.05) is 34.0 Å². The summed E-state index contributed by atoms with van der Waals surface area (Å²) in [5, 5.41) is 9.85. The second-order valence-corrected chi connectivity index (χ2v) is 6.72. The van der Waals surface area contributed by atoms with Gasteiger partial charge in [-0.25, -0.2) is 4.39 Å². The van der Waals surface area contributed by atoms with Gasteiger partial charge in [0.15, 0.2) is 11.5 Å². The third-order valence-electron chi connectivity index (χ3n) is 4.96. The Kier molecular flexibility index (Phi) is 6.31.